The molecule has 1 aliphatic rings. The maximum atomic E-state index is 12.9. The van der Waals surface area contributed by atoms with Gasteiger partial charge in [-0.2, -0.15) is 13.2 Å². The molecular formula is C11H19F3. The molecule has 0 saturated heterocycles. The Morgan fingerprint density at radius 1 is 1.21 bits per heavy atom. The van der Waals surface area contributed by atoms with Gasteiger partial charge in [-0.3, -0.25) is 0 Å². The van der Waals surface area contributed by atoms with Gasteiger partial charge in [0.15, 0.2) is 0 Å². The lowest BCUT2D eigenvalue weighted by molar-refractivity contribution is -0.228. The molecular weight excluding hydrogens is 189 g/mol. The van der Waals surface area contributed by atoms with Gasteiger partial charge in [0.05, 0.1) is 5.41 Å². The lowest BCUT2D eigenvalue weighted by Crippen LogP contribution is -2.36. The van der Waals surface area contributed by atoms with Gasteiger partial charge in [0.1, 0.15) is 0 Å². The van der Waals surface area contributed by atoms with Gasteiger partial charge < -0.3 is 0 Å². The Bertz CT molecular complexity index is 177. The summed E-state index contributed by atoms with van der Waals surface area (Å²) in [5.41, 5.74) is -1.34. The highest BCUT2D eigenvalue weighted by Crippen LogP contribution is 2.54. The first-order valence-electron chi connectivity index (χ1n) is 5.48. The minimum absolute atomic E-state index is 0.190. The fourth-order valence-corrected chi connectivity index (χ4v) is 2.47. The summed E-state index contributed by atoms with van der Waals surface area (Å²) in [7, 11) is 0. The lowest BCUT2D eigenvalue weighted by atomic mass is 9.77. The van der Waals surface area contributed by atoms with Gasteiger partial charge in [0.2, 0.25) is 0 Å². The Morgan fingerprint density at radius 3 is 2.07 bits per heavy atom. The molecule has 84 valence electrons. The molecule has 0 N–H and O–H groups in total. The molecule has 0 aromatic heterocycles. The molecule has 0 aliphatic heterocycles. The molecule has 0 amide bonds. The molecule has 1 unspecified atom stereocenters. The van der Waals surface area contributed by atoms with Crippen LogP contribution in [0.4, 0.5) is 13.2 Å². The second-order valence-electron chi connectivity index (χ2n) is 4.70. The van der Waals surface area contributed by atoms with Gasteiger partial charge in [-0.15, -0.1) is 0 Å². The first-order chi connectivity index (χ1) is 6.41. The quantitative estimate of drug-likeness (QED) is 0.638. The fraction of sp³-hybridized carbons (Fsp3) is 1.00. The summed E-state index contributed by atoms with van der Waals surface area (Å²) < 4.78 is 38.7. The number of rotatable bonds is 3. The summed E-state index contributed by atoms with van der Waals surface area (Å²) in [5.74, 6) is 0.190. The van der Waals surface area contributed by atoms with Crippen LogP contribution in [0.5, 0.6) is 0 Å². The number of alkyl halides is 3. The average Bonchev–Trinajstić information content (AvgIpc) is 2.52. The predicted molar refractivity (Wildman–Crippen MR) is 51.0 cm³/mol. The SMILES string of the molecule is CCC(C)CC1(C(F)(F)F)CCCC1. The van der Waals surface area contributed by atoms with Gasteiger partial charge in [-0.05, 0) is 25.2 Å². The zero-order valence-electron chi connectivity index (χ0n) is 8.95. The highest BCUT2D eigenvalue weighted by atomic mass is 19.4. The molecule has 3 heteroatoms. The summed E-state index contributed by atoms with van der Waals surface area (Å²) in [5, 5.41) is 0. The summed E-state index contributed by atoms with van der Waals surface area (Å²) in [6.07, 6.45) is -0.634. The first-order valence-corrected chi connectivity index (χ1v) is 5.48. The molecule has 1 fully saturated rings. The number of halogens is 3. The van der Waals surface area contributed by atoms with Crippen molar-refractivity contribution in [2.45, 2.75) is 58.5 Å². The monoisotopic (exact) mass is 208 g/mol. The van der Waals surface area contributed by atoms with Gasteiger partial charge >= 0.3 is 6.18 Å². The molecule has 0 heterocycles. The lowest BCUT2D eigenvalue weighted by Gasteiger charge is -2.33. The van der Waals surface area contributed by atoms with Crippen LogP contribution >= 0.6 is 0 Å². The second-order valence-corrected chi connectivity index (χ2v) is 4.70. The standard InChI is InChI=1S/C11H19F3/c1-3-9(2)8-10(11(12,13)14)6-4-5-7-10/h9H,3-8H2,1-2H3. The van der Waals surface area contributed by atoms with E-state index < -0.39 is 11.6 Å². The molecule has 0 bridgehead atoms. The van der Waals surface area contributed by atoms with Gasteiger partial charge in [-0.1, -0.05) is 33.1 Å². The number of hydrogen-bond donors (Lipinski definition) is 0. The topological polar surface area (TPSA) is 0 Å². The third kappa shape index (κ3) is 2.23. The third-order valence-corrected chi connectivity index (χ3v) is 3.60. The van der Waals surface area contributed by atoms with E-state index in [1.165, 1.54) is 0 Å². The third-order valence-electron chi connectivity index (χ3n) is 3.60. The van der Waals surface area contributed by atoms with Crippen molar-refractivity contribution in [3.05, 3.63) is 0 Å². The van der Waals surface area contributed by atoms with Crippen molar-refractivity contribution in [1.29, 1.82) is 0 Å². The van der Waals surface area contributed by atoms with Crippen molar-refractivity contribution in [2.75, 3.05) is 0 Å². The van der Waals surface area contributed by atoms with E-state index in [2.05, 4.69) is 0 Å². The van der Waals surface area contributed by atoms with E-state index in [0.717, 1.165) is 19.3 Å². The van der Waals surface area contributed by atoms with Crippen LogP contribution in [0.3, 0.4) is 0 Å². The molecule has 1 atom stereocenters. The van der Waals surface area contributed by atoms with E-state index in [1.54, 1.807) is 0 Å². The Hall–Kier alpha value is -0.210. The van der Waals surface area contributed by atoms with Crippen LogP contribution in [0.15, 0.2) is 0 Å². The molecule has 1 aliphatic carbocycles. The highest BCUT2D eigenvalue weighted by Gasteiger charge is 2.55. The summed E-state index contributed by atoms with van der Waals surface area (Å²) in [6, 6.07) is 0. The summed E-state index contributed by atoms with van der Waals surface area (Å²) in [4.78, 5) is 0. The van der Waals surface area contributed by atoms with Crippen LogP contribution in [0.2, 0.25) is 0 Å². The zero-order chi connectivity index (χ0) is 10.8. The van der Waals surface area contributed by atoms with Crippen LogP contribution in [0.1, 0.15) is 52.4 Å². The first kappa shape index (κ1) is 11.9. The van der Waals surface area contributed by atoms with E-state index in [4.69, 9.17) is 0 Å². The molecule has 0 aromatic rings. The smallest absolute Gasteiger partial charge is 0.171 e. The Morgan fingerprint density at radius 2 is 1.71 bits per heavy atom. The van der Waals surface area contributed by atoms with Crippen molar-refractivity contribution in [3.63, 3.8) is 0 Å². The normalized spacial score (nSPS) is 23.8. The zero-order valence-corrected chi connectivity index (χ0v) is 8.95. The molecule has 0 radical (unpaired) electrons. The predicted octanol–water partition coefficient (Wildman–Crippen LogP) is 4.55. The number of hydrogen-bond acceptors (Lipinski definition) is 0. The van der Waals surface area contributed by atoms with E-state index in [-0.39, 0.29) is 5.92 Å². The van der Waals surface area contributed by atoms with Crippen LogP contribution < -0.4 is 0 Å². The fourth-order valence-electron chi connectivity index (χ4n) is 2.47. The largest absolute Gasteiger partial charge is 0.394 e. The van der Waals surface area contributed by atoms with Crippen molar-refractivity contribution >= 4 is 0 Å². The average molecular weight is 208 g/mol. The van der Waals surface area contributed by atoms with E-state index >= 15 is 0 Å². The van der Waals surface area contributed by atoms with Gasteiger partial charge in [0.25, 0.3) is 0 Å². The highest BCUT2D eigenvalue weighted by molar-refractivity contribution is 4.91. The van der Waals surface area contributed by atoms with Crippen LogP contribution in [0, 0.1) is 11.3 Å². The van der Waals surface area contributed by atoms with Crippen LogP contribution in [0.25, 0.3) is 0 Å². The molecule has 1 saturated carbocycles. The second kappa shape index (κ2) is 4.11. The van der Waals surface area contributed by atoms with Crippen molar-refractivity contribution in [3.8, 4) is 0 Å². The Kier molecular flexibility index (Phi) is 3.49. The maximum Gasteiger partial charge on any atom is 0.394 e. The minimum atomic E-state index is -3.99. The van der Waals surface area contributed by atoms with Crippen LogP contribution in [-0.4, -0.2) is 6.18 Å². The van der Waals surface area contributed by atoms with Crippen molar-refractivity contribution < 1.29 is 13.2 Å². The Balaban J connectivity index is 2.72. The van der Waals surface area contributed by atoms with E-state index in [9.17, 15) is 13.2 Å². The minimum Gasteiger partial charge on any atom is -0.171 e. The molecule has 1 rings (SSSR count). The summed E-state index contributed by atoms with van der Waals surface area (Å²) >= 11 is 0. The van der Waals surface area contributed by atoms with Crippen LogP contribution in [-0.2, 0) is 0 Å². The Labute approximate surface area is 83.9 Å². The van der Waals surface area contributed by atoms with Gasteiger partial charge in [-0.25, -0.2) is 0 Å². The maximum absolute atomic E-state index is 12.9. The molecule has 0 aromatic carbocycles. The molecule has 14 heavy (non-hydrogen) atoms. The molecule has 0 spiro atoms. The van der Waals surface area contributed by atoms with Crippen molar-refractivity contribution in [2.24, 2.45) is 11.3 Å². The van der Waals surface area contributed by atoms with E-state index in [1.807, 2.05) is 13.8 Å². The van der Waals surface area contributed by atoms with Gasteiger partial charge in [0, 0.05) is 0 Å². The van der Waals surface area contributed by atoms with Crippen molar-refractivity contribution in [1.82, 2.24) is 0 Å². The van der Waals surface area contributed by atoms with E-state index in [0.29, 0.717) is 19.3 Å². The molecule has 0 nitrogen and oxygen atoms in total. The summed E-state index contributed by atoms with van der Waals surface area (Å²) in [6.45, 7) is 3.88.